The van der Waals surface area contributed by atoms with Crippen LogP contribution >= 0.6 is 0 Å². The van der Waals surface area contributed by atoms with E-state index in [0.717, 1.165) is 0 Å². The minimum atomic E-state index is 0.423. The number of hydrogen-bond donors (Lipinski definition) is 0. The zero-order valence-corrected chi connectivity index (χ0v) is 15.9. The second-order valence-electron chi connectivity index (χ2n) is 7.89. The molecule has 0 saturated heterocycles. The van der Waals surface area contributed by atoms with Gasteiger partial charge in [-0.25, -0.2) is 0 Å². The van der Waals surface area contributed by atoms with Gasteiger partial charge in [-0.15, -0.1) is 0 Å². The molecule has 0 heterocycles. The van der Waals surface area contributed by atoms with Crippen LogP contribution in [-0.4, -0.2) is 0 Å². The zero-order valence-electron chi connectivity index (χ0n) is 15.9. The van der Waals surface area contributed by atoms with Crippen molar-refractivity contribution in [3.8, 4) is 0 Å². The molecule has 1 radical (unpaired) electrons. The molecule has 0 spiro atoms. The van der Waals surface area contributed by atoms with Crippen LogP contribution < -0.4 is 0 Å². The molecule has 0 aliphatic heterocycles. The third kappa shape index (κ3) is 13.4. The molecule has 127 valence electrons. The van der Waals surface area contributed by atoms with Gasteiger partial charge in [0.15, 0.2) is 0 Å². The molecule has 0 aromatic carbocycles. The highest BCUT2D eigenvalue weighted by atomic mass is 14.3. The Morgan fingerprint density at radius 3 is 1.19 bits per heavy atom. The monoisotopic (exact) mass is 295 g/mol. The maximum atomic E-state index is 2.41. The van der Waals surface area contributed by atoms with Gasteiger partial charge in [0, 0.05) is 0 Å². The molecule has 0 heteroatoms. The van der Waals surface area contributed by atoms with E-state index in [2.05, 4.69) is 34.6 Å². The molecule has 0 bridgehead atoms. The first-order valence-electron chi connectivity index (χ1n) is 9.87. The topological polar surface area (TPSA) is 0 Å². The summed E-state index contributed by atoms with van der Waals surface area (Å²) in [6, 6.07) is 0. The summed E-state index contributed by atoms with van der Waals surface area (Å²) in [4.78, 5) is 0. The van der Waals surface area contributed by atoms with E-state index >= 15 is 0 Å². The summed E-state index contributed by atoms with van der Waals surface area (Å²) in [6.45, 7) is 11.8. The van der Waals surface area contributed by atoms with E-state index in [1.54, 1.807) is 0 Å². The lowest BCUT2D eigenvalue weighted by molar-refractivity contribution is 0.365. The van der Waals surface area contributed by atoms with Gasteiger partial charge in [0.25, 0.3) is 0 Å². The fraction of sp³-hybridized carbons (Fsp3) is 0.952. The largest absolute Gasteiger partial charge is 0.0654 e. The minimum Gasteiger partial charge on any atom is -0.0654 e. The van der Waals surface area contributed by atoms with Crippen LogP contribution in [-0.2, 0) is 0 Å². The molecular weight excluding hydrogens is 252 g/mol. The van der Waals surface area contributed by atoms with E-state index < -0.39 is 0 Å². The van der Waals surface area contributed by atoms with Crippen molar-refractivity contribution in [2.45, 2.75) is 125 Å². The minimum absolute atomic E-state index is 0.423. The lowest BCUT2D eigenvalue weighted by Crippen LogP contribution is -2.18. The van der Waals surface area contributed by atoms with Crippen molar-refractivity contribution in [3.63, 3.8) is 0 Å². The highest BCUT2D eigenvalue weighted by molar-refractivity contribution is 5.00. The van der Waals surface area contributed by atoms with E-state index in [4.69, 9.17) is 0 Å². The van der Waals surface area contributed by atoms with Gasteiger partial charge in [0.05, 0.1) is 0 Å². The van der Waals surface area contributed by atoms with E-state index in [9.17, 15) is 0 Å². The lowest BCUT2D eigenvalue weighted by atomic mass is 9.75. The number of rotatable bonds is 14. The summed E-state index contributed by atoms with van der Waals surface area (Å²) in [7, 11) is 0. The van der Waals surface area contributed by atoms with E-state index in [1.807, 2.05) is 5.92 Å². The highest BCUT2D eigenvalue weighted by Crippen LogP contribution is 2.36. The van der Waals surface area contributed by atoms with Crippen LogP contribution in [0.2, 0.25) is 0 Å². The first kappa shape index (κ1) is 21.0. The molecule has 21 heavy (non-hydrogen) atoms. The van der Waals surface area contributed by atoms with E-state index in [1.165, 1.54) is 89.9 Å². The molecule has 0 fully saturated rings. The molecule has 0 aliphatic rings. The molecule has 0 N–H and O–H groups in total. The molecule has 0 atom stereocenters. The van der Waals surface area contributed by atoms with Crippen molar-refractivity contribution in [2.75, 3.05) is 0 Å². The predicted molar refractivity (Wildman–Crippen MR) is 98.7 cm³/mol. The van der Waals surface area contributed by atoms with Crippen molar-refractivity contribution >= 4 is 0 Å². The van der Waals surface area contributed by atoms with Crippen LogP contribution in [0.5, 0.6) is 0 Å². The third-order valence-corrected chi connectivity index (χ3v) is 4.72. The lowest BCUT2D eigenvalue weighted by Gasteiger charge is -2.30. The predicted octanol–water partition coefficient (Wildman–Crippen LogP) is 8.11. The molecular formula is C21H43. The van der Waals surface area contributed by atoms with Crippen LogP contribution in [0.25, 0.3) is 0 Å². The quantitative estimate of drug-likeness (QED) is 0.284. The Morgan fingerprint density at radius 1 is 0.524 bits per heavy atom. The van der Waals surface area contributed by atoms with Gasteiger partial charge >= 0.3 is 0 Å². The Kier molecular flexibility index (Phi) is 13.6. The Bertz CT molecular complexity index is 183. The summed E-state index contributed by atoms with van der Waals surface area (Å²) in [5.41, 5.74) is 0.423. The molecule has 0 aromatic heterocycles. The van der Waals surface area contributed by atoms with Crippen molar-refractivity contribution in [1.82, 2.24) is 0 Å². The maximum absolute atomic E-state index is 2.41. The average molecular weight is 296 g/mol. The Labute approximate surface area is 136 Å². The van der Waals surface area contributed by atoms with Gasteiger partial charge in [-0.1, -0.05) is 112 Å². The Hall–Kier alpha value is 0. The van der Waals surface area contributed by atoms with Crippen molar-refractivity contribution in [2.24, 2.45) is 5.41 Å². The number of hydrogen-bond acceptors (Lipinski definition) is 0. The molecule has 0 amide bonds. The fourth-order valence-corrected chi connectivity index (χ4v) is 3.11. The average Bonchev–Trinajstić information content (AvgIpc) is 2.42. The number of unbranched alkanes of at least 4 members (excludes halogenated alkanes) is 10. The van der Waals surface area contributed by atoms with Crippen LogP contribution in [0.15, 0.2) is 0 Å². The van der Waals surface area contributed by atoms with Crippen LogP contribution in [0.1, 0.15) is 125 Å². The third-order valence-electron chi connectivity index (χ3n) is 4.72. The van der Waals surface area contributed by atoms with Crippen LogP contribution in [0.4, 0.5) is 0 Å². The second kappa shape index (κ2) is 13.6. The first-order chi connectivity index (χ1) is 10.0. The fourth-order valence-electron chi connectivity index (χ4n) is 3.11. The Balaban J connectivity index is 3.74. The zero-order chi connectivity index (χ0) is 16.0. The Morgan fingerprint density at radius 2 is 0.857 bits per heavy atom. The summed E-state index contributed by atoms with van der Waals surface area (Å²) in [5.74, 6) is 1.83. The summed E-state index contributed by atoms with van der Waals surface area (Å²) < 4.78 is 0. The normalized spacial score (nSPS) is 12.3. The van der Waals surface area contributed by atoms with Gasteiger partial charge < -0.3 is 0 Å². The van der Waals surface area contributed by atoms with Crippen molar-refractivity contribution < 1.29 is 0 Å². The molecule has 0 aromatic rings. The van der Waals surface area contributed by atoms with Gasteiger partial charge in [-0.3, -0.25) is 0 Å². The molecule has 0 saturated carbocycles. The smallest absolute Gasteiger partial charge is 0.0187 e. The molecule has 0 unspecified atom stereocenters. The van der Waals surface area contributed by atoms with Gasteiger partial charge in [-0.2, -0.15) is 0 Å². The van der Waals surface area contributed by atoms with Crippen molar-refractivity contribution in [3.05, 3.63) is 5.92 Å². The van der Waals surface area contributed by atoms with Gasteiger partial charge in [-0.05, 0) is 24.2 Å². The molecule has 0 rings (SSSR count). The van der Waals surface area contributed by atoms with Crippen LogP contribution in [0.3, 0.4) is 0 Å². The summed E-state index contributed by atoms with van der Waals surface area (Å²) in [5, 5.41) is 0. The standard InChI is InChI=1S/C21H43/c1-6-8-10-12-14-16-18-20(21(3,4)5)19-17-15-13-11-9-7-2/h6-19H2,1-5H3. The van der Waals surface area contributed by atoms with Gasteiger partial charge in [0.1, 0.15) is 0 Å². The summed E-state index contributed by atoms with van der Waals surface area (Å²) >= 11 is 0. The van der Waals surface area contributed by atoms with Gasteiger partial charge in [0.2, 0.25) is 0 Å². The van der Waals surface area contributed by atoms with E-state index in [-0.39, 0.29) is 0 Å². The van der Waals surface area contributed by atoms with E-state index in [0.29, 0.717) is 5.41 Å². The second-order valence-corrected chi connectivity index (χ2v) is 7.89. The highest BCUT2D eigenvalue weighted by Gasteiger charge is 2.23. The first-order valence-corrected chi connectivity index (χ1v) is 9.87. The maximum Gasteiger partial charge on any atom is -0.0187 e. The van der Waals surface area contributed by atoms with Crippen LogP contribution in [0, 0.1) is 11.3 Å². The SMILES string of the molecule is CCCCCCCC[C](CCCCCCCC)C(C)(C)C. The molecule has 0 aliphatic carbocycles. The molecule has 0 nitrogen and oxygen atoms in total. The summed E-state index contributed by atoms with van der Waals surface area (Å²) in [6.07, 6.45) is 19.8. The van der Waals surface area contributed by atoms with Crippen molar-refractivity contribution in [1.29, 1.82) is 0 Å².